The van der Waals surface area contributed by atoms with Crippen molar-refractivity contribution >= 4 is 17.5 Å². The lowest BCUT2D eigenvalue weighted by Crippen LogP contribution is -2.22. The Bertz CT molecular complexity index is 599. The Morgan fingerprint density at radius 3 is 2.53 bits per heavy atom. The largest absolute Gasteiger partial charge is 0.452 e. The second-order valence-electron chi connectivity index (χ2n) is 4.33. The molecule has 100 valence electrons. The Kier molecular flexibility index (Phi) is 3.90. The zero-order valence-electron chi connectivity index (χ0n) is 10.6. The van der Waals surface area contributed by atoms with E-state index < -0.39 is 0 Å². The van der Waals surface area contributed by atoms with Crippen molar-refractivity contribution in [3.8, 4) is 0 Å². The number of hydrogen-bond donors (Lipinski definition) is 1. The van der Waals surface area contributed by atoms with Crippen molar-refractivity contribution in [2.24, 2.45) is 0 Å². The third-order valence-corrected chi connectivity index (χ3v) is 3.10. The lowest BCUT2D eigenvalue weighted by molar-refractivity contribution is 0.0950. The van der Waals surface area contributed by atoms with E-state index in [0.29, 0.717) is 17.7 Å². The average molecular weight is 282 g/mol. The van der Waals surface area contributed by atoms with E-state index in [0.717, 1.165) is 5.56 Å². The number of hydrogen-bond acceptors (Lipinski definition) is 2. The average Bonchev–Trinajstić information content (AvgIpc) is 2.79. The van der Waals surface area contributed by atoms with Crippen molar-refractivity contribution in [1.82, 2.24) is 5.32 Å². The maximum atomic E-state index is 13.5. The van der Waals surface area contributed by atoms with Gasteiger partial charge in [0, 0.05) is 6.54 Å². The molecule has 19 heavy (non-hydrogen) atoms. The molecular formula is C14H13ClFNO2. The SMILES string of the molecule is Cc1cc(CNC(=O)c2ccoc2Cl)cc(C)c1F. The van der Waals surface area contributed by atoms with Crippen LogP contribution in [0.1, 0.15) is 27.0 Å². The molecule has 2 rings (SSSR count). The fraction of sp³-hybridized carbons (Fsp3) is 0.214. The van der Waals surface area contributed by atoms with Crippen molar-refractivity contribution in [2.45, 2.75) is 20.4 Å². The molecule has 5 heteroatoms. The summed E-state index contributed by atoms with van der Waals surface area (Å²) < 4.78 is 18.3. The van der Waals surface area contributed by atoms with Gasteiger partial charge in [-0.3, -0.25) is 4.79 Å². The molecule has 0 unspecified atom stereocenters. The quantitative estimate of drug-likeness (QED) is 0.934. The fourth-order valence-electron chi connectivity index (χ4n) is 1.87. The molecule has 0 saturated heterocycles. The fourth-order valence-corrected chi connectivity index (χ4v) is 2.07. The smallest absolute Gasteiger partial charge is 0.256 e. The molecule has 1 aromatic heterocycles. The first-order chi connectivity index (χ1) is 8.99. The molecule has 0 saturated carbocycles. The van der Waals surface area contributed by atoms with Crippen molar-refractivity contribution in [2.75, 3.05) is 0 Å². The summed E-state index contributed by atoms with van der Waals surface area (Å²) >= 11 is 5.71. The summed E-state index contributed by atoms with van der Waals surface area (Å²) in [5.74, 6) is -0.536. The number of amides is 1. The van der Waals surface area contributed by atoms with Gasteiger partial charge in [0.2, 0.25) is 5.22 Å². The second kappa shape index (κ2) is 5.45. The number of benzene rings is 1. The van der Waals surface area contributed by atoms with Gasteiger partial charge in [-0.15, -0.1) is 0 Å². The number of halogens is 2. The molecule has 1 aromatic carbocycles. The van der Waals surface area contributed by atoms with Gasteiger partial charge in [0.15, 0.2) is 0 Å². The number of furan rings is 1. The van der Waals surface area contributed by atoms with Crippen LogP contribution < -0.4 is 5.32 Å². The van der Waals surface area contributed by atoms with Crippen LogP contribution in [-0.2, 0) is 6.54 Å². The second-order valence-corrected chi connectivity index (χ2v) is 4.68. The third-order valence-electron chi connectivity index (χ3n) is 2.81. The Balaban J connectivity index is 2.07. The van der Waals surface area contributed by atoms with Gasteiger partial charge in [-0.05, 0) is 48.2 Å². The first kappa shape index (κ1) is 13.6. The lowest BCUT2D eigenvalue weighted by atomic mass is 10.1. The minimum Gasteiger partial charge on any atom is -0.452 e. The highest BCUT2D eigenvalue weighted by Crippen LogP contribution is 2.17. The monoisotopic (exact) mass is 281 g/mol. The van der Waals surface area contributed by atoms with E-state index in [-0.39, 0.29) is 22.5 Å². The van der Waals surface area contributed by atoms with Gasteiger partial charge < -0.3 is 9.73 Å². The molecule has 1 heterocycles. The number of nitrogens with one attached hydrogen (secondary N) is 1. The van der Waals surface area contributed by atoms with Crippen LogP contribution in [0.15, 0.2) is 28.9 Å². The van der Waals surface area contributed by atoms with Crippen LogP contribution in [0.4, 0.5) is 4.39 Å². The summed E-state index contributed by atoms with van der Waals surface area (Å²) in [6.07, 6.45) is 1.35. The van der Waals surface area contributed by atoms with Crippen LogP contribution in [0.5, 0.6) is 0 Å². The van der Waals surface area contributed by atoms with E-state index in [4.69, 9.17) is 16.0 Å². The Hall–Kier alpha value is -1.81. The molecule has 0 bridgehead atoms. The van der Waals surface area contributed by atoms with Crippen molar-refractivity contribution < 1.29 is 13.6 Å². The van der Waals surface area contributed by atoms with Gasteiger partial charge in [-0.25, -0.2) is 4.39 Å². The van der Waals surface area contributed by atoms with E-state index in [1.54, 1.807) is 26.0 Å². The molecule has 0 fully saturated rings. The Morgan fingerprint density at radius 1 is 1.37 bits per heavy atom. The number of carbonyl (C=O) groups excluding carboxylic acids is 1. The van der Waals surface area contributed by atoms with Crippen LogP contribution in [-0.4, -0.2) is 5.91 Å². The number of rotatable bonds is 3. The summed E-state index contributed by atoms with van der Waals surface area (Å²) in [5.41, 5.74) is 2.25. The molecule has 2 aromatic rings. The standard InChI is InChI=1S/C14H13ClFNO2/c1-8-5-10(6-9(2)12(8)16)7-17-14(18)11-3-4-19-13(11)15/h3-6H,7H2,1-2H3,(H,17,18). The molecule has 0 aliphatic carbocycles. The molecule has 0 spiro atoms. The molecule has 3 nitrogen and oxygen atoms in total. The van der Waals surface area contributed by atoms with Crippen LogP contribution in [0.3, 0.4) is 0 Å². The van der Waals surface area contributed by atoms with E-state index in [9.17, 15) is 9.18 Å². The summed E-state index contributed by atoms with van der Waals surface area (Å²) in [7, 11) is 0. The number of carbonyl (C=O) groups is 1. The van der Waals surface area contributed by atoms with Crippen molar-refractivity contribution in [3.05, 3.63) is 57.8 Å². The molecular weight excluding hydrogens is 269 g/mol. The summed E-state index contributed by atoms with van der Waals surface area (Å²) in [5, 5.41) is 2.77. The molecule has 0 aliphatic heterocycles. The summed E-state index contributed by atoms with van der Waals surface area (Å²) in [6, 6.07) is 4.91. The topological polar surface area (TPSA) is 42.2 Å². The zero-order valence-corrected chi connectivity index (χ0v) is 11.3. The van der Waals surface area contributed by atoms with Crippen LogP contribution in [0, 0.1) is 19.7 Å². The first-order valence-corrected chi connectivity index (χ1v) is 6.13. The van der Waals surface area contributed by atoms with Gasteiger partial charge in [-0.2, -0.15) is 0 Å². The van der Waals surface area contributed by atoms with Crippen LogP contribution in [0.2, 0.25) is 5.22 Å². The molecule has 0 radical (unpaired) electrons. The predicted molar refractivity (Wildman–Crippen MR) is 70.8 cm³/mol. The van der Waals surface area contributed by atoms with Gasteiger partial charge in [-0.1, -0.05) is 12.1 Å². The number of aryl methyl sites for hydroxylation is 2. The summed E-state index contributed by atoms with van der Waals surface area (Å²) in [6.45, 7) is 3.70. The highest BCUT2D eigenvalue weighted by molar-refractivity contribution is 6.32. The van der Waals surface area contributed by atoms with Crippen molar-refractivity contribution in [1.29, 1.82) is 0 Å². The third kappa shape index (κ3) is 2.96. The molecule has 0 atom stereocenters. The van der Waals surface area contributed by atoms with E-state index in [2.05, 4.69) is 5.32 Å². The van der Waals surface area contributed by atoms with E-state index >= 15 is 0 Å². The van der Waals surface area contributed by atoms with Crippen LogP contribution in [0.25, 0.3) is 0 Å². The maximum absolute atomic E-state index is 13.5. The molecule has 1 amide bonds. The van der Waals surface area contributed by atoms with Crippen LogP contribution >= 0.6 is 11.6 Å². The first-order valence-electron chi connectivity index (χ1n) is 5.76. The Labute approximate surface area is 115 Å². The highest BCUT2D eigenvalue weighted by atomic mass is 35.5. The van der Waals surface area contributed by atoms with E-state index in [1.165, 1.54) is 12.3 Å². The van der Waals surface area contributed by atoms with Crippen molar-refractivity contribution in [3.63, 3.8) is 0 Å². The van der Waals surface area contributed by atoms with E-state index in [1.807, 2.05) is 0 Å². The van der Waals surface area contributed by atoms with Gasteiger partial charge in [0.1, 0.15) is 5.82 Å². The maximum Gasteiger partial charge on any atom is 0.256 e. The van der Waals surface area contributed by atoms with Gasteiger partial charge in [0.05, 0.1) is 11.8 Å². The highest BCUT2D eigenvalue weighted by Gasteiger charge is 2.13. The lowest BCUT2D eigenvalue weighted by Gasteiger charge is -2.08. The Morgan fingerprint density at radius 2 is 2.00 bits per heavy atom. The predicted octanol–water partition coefficient (Wildman–Crippen LogP) is 3.62. The molecule has 1 N–H and O–H groups in total. The minimum atomic E-state index is -0.321. The summed E-state index contributed by atoms with van der Waals surface area (Å²) in [4.78, 5) is 11.8. The van der Waals surface area contributed by atoms with Gasteiger partial charge >= 0.3 is 0 Å². The molecule has 0 aliphatic rings. The normalized spacial score (nSPS) is 10.5. The van der Waals surface area contributed by atoms with Gasteiger partial charge in [0.25, 0.3) is 5.91 Å². The zero-order chi connectivity index (χ0) is 14.0. The minimum absolute atomic E-state index is 0.0592.